The highest BCUT2D eigenvalue weighted by Crippen LogP contribution is 2.23. The third-order valence-corrected chi connectivity index (χ3v) is 4.57. The Morgan fingerprint density at radius 1 is 1.41 bits per heavy atom. The summed E-state index contributed by atoms with van der Waals surface area (Å²) >= 11 is 5.88. The molecule has 0 aliphatic carbocycles. The van der Waals surface area contributed by atoms with Crippen molar-refractivity contribution in [2.24, 2.45) is 0 Å². The number of rotatable bonds is 4. The number of nitrogens with one attached hydrogen (secondary N) is 1. The average Bonchev–Trinajstić information content (AvgIpc) is 2.20. The topological polar surface area (TPSA) is 66.4 Å². The maximum Gasteiger partial charge on any atom is 0.241 e. The van der Waals surface area contributed by atoms with E-state index < -0.39 is 15.6 Å². The summed E-state index contributed by atoms with van der Waals surface area (Å²) in [6.07, 6.45) is 0. The van der Waals surface area contributed by atoms with Gasteiger partial charge in [0.05, 0.1) is 17.0 Å². The van der Waals surface area contributed by atoms with E-state index >= 15 is 0 Å². The monoisotopic (exact) mass is 277 g/mol. The predicted octanol–water partition coefficient (Wildman–Crippen LogP) is 1.70. The highest BCUT2D eigenvalue weighted by molar-refractivity contribution is 7.89. The van der Waals surface area contributed by atoms with Gasteiger partial charge in [-0.15, -0.1) is 0 Å². The van der Waals surface area contributed by atoms with Crippen molar-refractivity contribution >= 4 is 21.6 Å². The first-order chi connectivity index (χ1) is 7.69. The fraction of sp³-hybridized carbons (Fsp3) is 0.455. The van der Waals surface area contributed by atoms with Crippen LogP contribution in [0.2, 0.25) is 5.02 Å². The molecule has 0 unspecified atom stereocenters. The fourth-order valence-corrected chi connectivity index (χ4v) is 3.23. The minimum atomic E-state index is -3.68. The van der Waals surface area contributed by atoms with Gasteiger partial charge in [0.2, 0.25) is 10.0 Å². The molecule has 0 spiro atoms. The minimum absolute atomic E-state index is 0.131. The summed E-state index contributed by atoms with van der Waals surface area (Å²) < 4.78 is 26.6. The van der Waals surface area contributed by atoms with Gasteiger partial charge in [0.15, 0.2) is 0 Å². The van der Waals surface area contributed by atoms with E-state index in [0.29, 0.717) is 10.6 Å². The molecule has 1 aromatic rings. The van der Waals surface area contributed by atoms with Gasteiger partial charge in [-0.2, -0.15) is 0 Å². The van der Waals surface area contributed by atoms with Crippen molar-refractivity contribution in [2.75, 3.05) is 6.61 Å². The lowest BCUT2D eigenvalue weighted by Crippen LogP contribution is -2.46. The number of hydrogen-bond donors (Lipinski definition) is 2. The van der Waals surface area contributed by atoms with Gasteiger partial charge in [0.1, 0.15) is 0 Å². The Labute approximate surface area is 107 Å². The summed E-state index contributed by atoms with van der Waals surface area (Å²) in [4.78, 5) is 0.131. The molecule has 96 valence electrons. The van der Waals surface area contributed by atoms with Crippen LogP contribution in [-0.2, 0) is 10.0 Å². The molecule has 1 aromatic carbocycles. The van der Waals surface area contributed by atoms with Gasteiger partial charge < -0.3 is 5.11 Å². The number of halogens is 1. The Morgan fingerprint density at radius 3 is 2.53 bits per heavy atom. The molecule has 0 atom stereocenters. The van der Waals surface area contributed by atoms with Crippen LogP contribution in [0.4, 0.5) is 0 Å². The van der Waals surface area contributed by atoms with Crippen LogP contribution in [-0.4, -0.2) is 25.7 Å². The first-order valence-corrected chi connectivity index (χ1v) is 6.96. The van der Waals surface area contributed by atoms with Crippen molar-refractivity contribution in [3.8, 4) is 0 Å². The second-order valence-corrected chi connectivity index (χ2v) is 6.57. The second kappa shape index (κ2) is 4.94. The van der Waals surface area contributed by atoms with E-state index in [2.05, 4.69) is 4.72 Å². The fourth-order valence-electron chi connectivity index (χ4n) is 1.33. The standard InChI is InChI=1S/C11H16ClNO3S/c1-8-9(12)5-4-6-10(8)17(15,16)13-11(2,3)7-14/h4-6,13-14H,7H2,1-3H3. The molecule has 0 saturated carbocycles. The summed E-state index contributed by atoms with van der Waals surface area (Å²) in [6.45, 7) is 4.56. The Balaban J connectivity index is 3.19. The minimum Gasteiger partial charge on any atom is -0.394 e. The molecule has 0 amide bonds. The summed E-state index contributed by atoms with van der Waals surface area (Å²) in [5.74, 6) is 0. The first kappa shape index (κ1) is 14.4. The molecule has 0 aliphatic heterocycles. The Morgan fingerprint density at radius 2 is 2.00 bits per heavy atom. The SMILES string of the molecule is Cc1c(Cl)cccc1S(=O)(=O)NC(C)(C)CO. The zero-order valence-corrected chi connectivity index (χ0v) is 11.6. The Bertz CT molecular complexity index is 511. The molecule has 0 radical (unpaired) electrons. The maximum atomic E-state index is 12.1. The van der Waals surface area contributed by atoms with Gasteiger partial charge in [0.25, 0.3) is 0 Å². The number of aliphatic hydroxyl groups excluding tert-OH is 1. The third kappa shape index (κ3) is 3.42. The van der Waals surface area contributed by atoms with Crippen molar-refractivity contribution in [1.29, 1.82) is 0 Å². The van der Waals surface area contributed by atoms with Crippen LogP contribution in [0.15, 0.2) is 23.1 Å². The number of hydrogen-bond acceptors (Lipinski definition) is 3. The van der Waals surface area contributed by atoms with Crippen LogP contribution >= 0.6 is 11.6 Å². The highest BCUT2D eigenvalue weighted by atomic mass is 35.5. The maximum absolute atomic E-state index is 12.1. The van der Waals surface area contributed by atoms with Crippen molar-refractivity contribution in [2.45, 2.75) is 31.2 Å². The molecular formula is C11H16ClNO3S. The second-order valence-electron chi connectivity index (χ2n) is 4.51. The lowest BCUT2D eigenvalue weighted by atomic mass is 10.1. The van der Waals surface area contributed by atoms with E-state index in [0.717, 1.165) is 0 Å². The van der Waals surface area contributed by atoms with Gasteiger partial charge in [-0.1, -0.05) is 17.7 Å². The summed E-state index contributed by atoms with van der Waals surface area (Å²) in [5, 5.41) is 9.47. The number of sulfonamides is 1. The van der Waals surface area contributed by atoms with Gasteiger partial charge in [-0.25, -0.2) is 13.1 Å². The van der Waals surface area contributed by atoms with Crippen molar-refractivity contribution < 1.29 is 13.5 Å². The van der Waals surface area contributed by atoms with Gasteiger partial charge in [-0.3, -0.25) is 0 Å². The van der Waals surface area contributed by atoms with E-state index in [9.17, 15) is 8.42 Å². The van der Waals surface area contributed by atoms with E-state index in [1.165, 1.54) is 6.07 Å². The Kier molecular flexibility index (Phi) is 4.19. The smallest absolute Gasteiger partial charge is 0.241 e. The molecule has 0 saturated heterocycles. The number of aliphatic hydroxyl groups is 1. The number of benzene rings is 1. The van der Waals surface area contributed by atoms with Crippen LogP contribution in [0.1, 0.15) is 19.4 Å². The highest BCUT2D eigenvalue weighted by Gasteiger charge is 2.26. The van der Waals surface area contributed by atoms with Crippen molar-refractivity contribution in [1.82, 2.24) is 4.72 Å². The lowest BCUT2D eigenvalue weighted by Gasteiger charge is -2.23. The third-order valence-electron chi connectivity index (χ3n) is 2.31. The molecule has 0 heterocycles. The predicted molar refractivity (Wildman–Crippen MR) is 67.7 cm³/mol. The zero-order valence-electron chi connectivity index (χ0n) is 9.99. The van der Waals surface area contributed by atoms with Crippen molar-refractivity contribution in [3.05, 3.63) is 28.8 Å². The van der Waals surface area contributed by atoms with E-state index in [1.807, 2.05) is 0 Å². The van der Waals surface area contributed by atoms with Crippen LogP contribution in [0.25, 0.3) is 0 Å². The molecule has 1 rings (SSSR count). The van der Waals surface area contributed by atoms with Crippen molar-refractivity contribution in [3.63, 3.8) is 0 Å². The molecule has 0 fully saturated rings. The molecule has 0 bridgehead atoms. The molecule has 4 nitrogen and oxygen atoms in total. The summed E-state index contributed by atoms with van der Waals surface area (Å²) in [5.41, 5.74) is -0.413. The van der Waals surface area contributed by atoms with Gasteiger partial charge in [0, 0.05) is 5.02 Å². The molecule has 17 heavy (non-hydrogen) atoms. The van der Waals surface area contributed by atoms with Crippen LogP contribution < -0.4 is 4.72 Å². The summed E-state index contributed by atoms with van der Waals surface area (Å²) in [6, 6.07) is 4.69. The summed E-state index contributed by atoms with van der Waals surface area (Å²) in [7, 11) is -3.68. The van der Waals surface area contributed by atoms with E-state index in [1.54, 1.807) is 32.9 Å². The molecular weight excluding hydrogens is 262 g/mol. The van der Waals surface area contributed by atoms with Gasteiger partial charge >= 0.3 is 0 Å². The molecule has 0 aromatic heterocycles. The van der Waals surface area contributed by atoms with Crippen LogP contribution in [0.3, 0.4) is 0 Å². The quantitative estimate of drug-likeness (QED) is 0.880. The first-order valence-electron chi connectivity index (χ1n) is 5.09. The van der Waals surface area contributed by atoms with Crippen LogP contribution in [0.5, 0.6) is 0 Å². The normalized spacial score (nSPS) is 12.8. The molecule has 6 heteroatoms. The molecule has 0 aliphatic rings. The van der Waals surface area contributed by atoms with E-state index in [4.69, 9.17) is 16.7 Å². The lowest BCUT2D eigenvalue weighted by molar-refractivity contribution is 0.208. The zero-order chi connectivity index (χ0) is 13.3. The Hall–Kier alpha value is -0.620. The largest absolute Gasteiger partial charge is 0.394 e. The average molecular weight is 278 g/mol. The molecule has 2 N–H and O–H groups in total. The van der Waals surface area contributed by atoms with Crippen LogP contribution in [0, 0.1) is 6.92 Å². The van der Waals surface area contributed by atoms with Gasteiger partial charge in [-0.05, 0) is 38.5 Å². The van der Waals surface area contributed by atoms with E-state index in [-0.39, 0.29) is 11.5 Å².